The number of anilines is 1. The van der Waals surface area contributed by atoms with E-state index in [0.29, 0.717) is 0 Å². The van der Waals surface area contributed by atoms with Crippen LogP contribution in [0.15, 0.2) is 18.2 Å². The van der Waals surface area contributed by atoms with Crippen LogP contribution in [0.5, 0.6) is 0 Å². The van der Waals surface area contributed by atoms with Crippen molar-refractivity contribution in [3.8, 4) is 0 Å². The van der Waals surface area contributed by atoms with E-state index in [4.69, 9.17) is 5.11 Å². The van der Waals surface area contributed by atoms with Crippen LogP contribution in [0.25, 0.3) is 0 Å². The van der Waals surface area contributed by atoms with Crippen molar-refractivity contribution in [1.82, 2.24) is 0 Å². The Bertz CT molecular complexity index is 574. The molecule has 0 saturated carbocycles. The number of nitro benzene ring substituents is 1. The Morgan fingerprint density at radius 3 is 2.68 bits per heavy atom. The molecule has 1 aliphatic rings. The minimum atomic E-state index is -1.43. The number of aromatic carboxylic acids is 1. The molecule has 1 aliphatic heterocycles. The summed E-state index contributed by atoms with van der Waals surface area (Å²) in [5.41, 5.74) is -0.952. The highest BCUT2D eigenvalue weighted by atomic mass is 32.1. The molecular weight excluding hydrogens is 272 g/mol. The Morgan fingerprint density at radius 2 is 2.21 bits per heavy atom. The second-order valence-corrected chi connectivity index (χ2v) is 4.83. The summed E-state index contributed by atoms with van der Waals surface area (Å²) in [5.74, 6) is -1.72. The first-order valence-corrected chi connectivity index (χ1v) is 5.92. The van der Waals surface area contributed by atoms with Crippen molar-refractivity contribution in [2.45, 2.75) is 11.7 Å². The Hall–Kier alpha value is -2.09. The maximum atomic E-state index is 11.8. The van der Waals surface area contributed by atoms with Crippen molar-refractivity contribution in [3.63, 3.8) is 0 Å². The number of hydrogen-bond donors (Lipinski definition) is 2. The van der Waals surface area contributed by atoms with Crippen molar-refractivity contribution in [2.24, 2.45) is 0 Å². The van der Waals surface area contributed by atoms with Crippen LogP contribution in [0.2, 0.25) is 0 Å². The van der Waals surface area contributed by atoms with Gasteiger partial charge in [0.15, 0.2) is 5.56 Å². The number of benzene rings is 1. The van der Waals surface area contributed by atoms with E-state index in [1.165, 1.54) is 17.0 Å². The predicted octanol–water partition coefficient (Wildman–Crippen LogP) is 1.33. The number of hydrogen-bond acceptors (Lipinski definition) is 5. The first-order chi connectivity index (χ1) is 8.91. The molecule has 1 aromatic rings. The van der Waals surface area contributed by atoms with Crippen LogP contribution in [0.1, 0.15) is 16.8 Å². The average Bonchev–Trinajstić information content (AvgIpc) is 2.67. The molecule has 1 aromatic carbocycles. The molecule has 0 spiro atoms. The van der Waals surface area contributed by atoms with Crippen LogP contribution >= 0.6 is 12.6 Å². The lowest BCUT2D eigenvalue weighted by molar-refractivity contribution is -0.385. The van der Waals surface area contributed by atoms with E-state index in [9.17, 15) is 19.7 Å². The predicted molar refractivity (Wildman–Crippen MR) is 69.8 cm³/mol. The molecule has 1 fully saturated rings. The zero-order valence-electron chi connectivity index (χ0n) is 9.65. The summed E-state index contributed by atoms with van der Waals surface area (Å²) in [6, 6.07) is 3.85. The van der Waals surface area contributed by atoms with Gasteiger partial charge in [-0.3, -0.25) is 14.9 Å². The van der Waals surface area contributed by atoms with Gasteiger partial charge < -0.3 is 10.0 Å². The van der Waals surface area contributed by atoms with Gasteiger partial charge in [0.1, 0.15) is 0 Å². The molecule has 1 amide bonds. The fraction of sp³-hybridized carbons (Fsp3) is 0.273. The maximum Gasteiger partial charge on any atom is 0.344 e. The third-order valence-electron chi connectivity index (χ3n) is 2.83. The molecule has 1 saturated heterocycles. The van der Waals surface area contributed by atoms with E-state index in [1.807, 2.05) is 0 Å². The van der Waals surface area contributed by atoms with Crippen molar-refractivity contribution in [1.29, 1.82) is 0 Å². The van der Waals surface area contributed by atoms with Gasteiger partial charge in [-0.2, -0.15) is 12.6 Å². The second kappa shape index (κ2) is 4.88. The second-order valence-electron chi connectivity index (χ2n) is 4.10. The summed E-state index contributed by atoms with van der Waals surface area (Å²) in [5, 5.41) is 19.8. The van der Waals surface area contributed by atoms with Crippen molar-refractivity contribution >= 4 is 35.9 Å². The van der Waals surface area contributed by atoms with E-state index in [-0.39, 0.29) is 29.8 Å². The van der Waals surface area contributed by atoms with Gasteiger partial charge in [0.05, 0.1) is 10.6 Å². The SMILES string of the molecule is O=C(O)c1c(N2CC(S)CC2=O)cccc1[N+](=O)[O-]. The van der Waals surface area contributed by atoms with Gasteiger partial charge in [-0.15, -0.1) is 0 Å². The lowest BCUT2D eigenvalue weighted by atomic mass is 10.1. The largest absolute Gasteiger partial charge is 0.477 e. The number of carboxylic acid groups (broad SMARTS) is 1. The van der Waals surface area contributed by atoms with Gasteiger partial charge in [-0.1, -0.05) is 6.07 Å². The zero-order chi connectivity index (χ0) is 14.2. The first kappa shape index (κ1) is 13.3. The number of amides is 1. The molecule has 100 valence electrons. The third kappa shape index (κ3) is 2.39. The average molecular weight is 282 g/mol. The molecule has 0 aromatic heterocycles. The maximum absolute atomic E-state index is 11.8. The molecule has 8 heteroatoms. The van der Waals surface area contributed by atoms with Crippen LogP contribution in [0, 0.1) is 10.1 Å². The fourth-order valence-corrected chi connectivity index (χ4v) is 2.37. The van der Waals surface area contributed by atoms with Crippen LogP contribution in [0.3, 0.4) is 0 Å². The Labute approximate surface area is 113 Å². The van der Waals surface area contributed by atoms with Crippen LogP contribution < -0.4 is 4.90 Å². The van der Waals surface area contributed by atoms with Gasteiger partial charge in [-0.25, -0.2) is 4.79 Å². The number of carbonyl (C=O) groups is 2. The highest BCUT2D eigenvalue weighted by Gasteiger charge is 2.34. The number of nitrogens with zero attached hydrogens (tertiary/aromatic N) is 2. The number of nitro groups is 1. The van der Waals surface area contributed by atoms with E-state index in [2.05, 4.69) is 12.6 Å². The monoisotopic (exact) mass is 282 g/mol. The molecular formula is C11H10N2O5S. The molecule has 7 nitrogen and oxygen atoms in total. The highest BCUT2D eigenvalue weighted by molar-refractivity contribution is 7.81. The lowest BCUT2D eigenvalue weighted by Crippen LogP contribution is -2.27. The van der Waals surface area contributed by atoms with E-state index in [0.717, 1.165) is 6.07 Å². The van der Waals surface area contributed by atoms with Gasteiger partial charge in [0, 0.05) is 24.3 Å². The van der Waals surface area contributed by atoms with E-state index >= 15 is 0 Å². The third-order valence-corrected chi connectivity index (χ3v) is 3.17. The minimum Gasteiger partial charge on any atom is -0.477 e. The van der Waals surface area contributed by atoms with Gasteiger partial charge in [0.25, 0.3) is 5.69 Å². The topological polar surface area (TPSA) is 101 Å². The molecule has 2 rings (SSSR count). The van der Waals surface area contributed by atoms with Gasteiger partial charge in [-0.05, 0) is 6.07 Å². The molecule has 1 unspecified atom stereocenters. The molecule has 19 heavy (non-hydrogen) atoms. The summed E-state index contributed by atoms with van der Waals surface area (Å²) >= 11 is 4.17. The number of carboxylic acids is 1. The number of rotatable bonds is 3. The Balaban J connectivity index is 2.57. The highest BCUT2D eigenvalue weighted by Crippen LogP contribution is 2.32. The molecule has 1 atom stereocenters. The normalized spacial score (nSPS) is 18.7. The lowest BCUT2D eigenvalue weighted by Gasteiger charge is -2.18. The number of thiol groups is 1. The summed E-state index contributed by atoms with van der Waals surface area (Å²) in [7, 11) is 0. The Morgan fingerprint density at radius 1 is 1.53 bits per heavy atom. The van der Waals surface area contributed by atoms with Crippen LogP contribution in [-0.4, -0.2) is 33.7 Å². The zero-order valence-corrected chi connectivity index (χ0v) is 10.5. The Kier molecular flexibility index (Phi) is 3.43. The molecule has 0 radical (unpaired) electrons. The van der Waals surface area contributed by atoms with Gasteiger partial charge in [0.2, 0.25) is 5.91 Å². The van der Waals surface area contributed by atoms with Crippen molar-refractivity contribution in [3.05, 3.63) is 33.9 Å². The smallest absolute Gasteiger partial charge is 0.344 e. The quantitative estimate of drug-likeness (QED) is 0.495. The van der Waals surface area contributed by atoms with E-state index < -0.39 is 22.1 Å². The summed E-state index contributed by atoms with van der Waals surface area (Å²) in [4.78, 5) is 34.3. The van der Waals surface area contributed by atoms with Crippen molar-refractivity contribution in [2.75, 3.05) is 11.4 Å². The summed E-state index contributed by atoms with van der Waals surface area (Å²) in [6.45, 7) is 0.239. The fourth-order valence-electron chi connectivity index (χ4n) is 2.05. The molecule has 0 bridgehead atoms. The molecule has 1 N–H and O–H groups in total. The minimum absolute atomic E-state index is 0.0447. The van der Waals surface area contributed by atoms with E-state index in [1.54, 1.807) is 0 Å². The summed E-state index contributed by atoms with van der Waals surface area (Å²) in [6.07, 6.45) is 0.185. The van der Waals surface area contributed by atoms with Gasteiger partial charge >= 0.3 is 5.97 Å². The molecule has 0 aliphatic carbocycles. The first-order valence-electron chi connectivity index (χ1n) is 5.41. The number of carbonyl (C=O) groups excluding carboxylic acids is 1. The van der Waals surface area contributed by atoms with Crippen LogP contribution in [-0.2, 0) is 4.79 Å². The standard InChI is InChI=1S/C11H10N2O5S/c14-9-4-6(19)5-12(9)7-2-1-3-8(13(17)18)10(7)11(15)16/h1-3,6,19H,4-5H2,(H,15,16). The van der Waals surface area contributed by atoms with Crippen LogP contribution in [0.4, 0.5) is 11.4 Å². The summed E-state index contributed by atoms with van der Waals surface area (Å²) < 4.78 is 0. The molecule has 1 heterocycles. The van der Waals surface area contributed by atoms with Crippen molar-refractivity contribution < 1.29 is 19.6 Å².